The molecular formula is C17H14ClF2NO2. The van der Waals surface area contributed by atoms with Crippen LogP contribution in [0.5, 0.6) is 5.75 Å². The van der Waals surface area contributed by atoms with E-state index in [0.717, 1.165) is 5.56 Å². The number of nitrogens with zero attached hydrogens (tertiary/aromatic N) is 1. The highest BCUT2D eigenvalue weighted by molar-refractivity contribution is 6.30. The van der Waals surface area contributed by atoms with E-state index < -0.39 is 17.9 Å². The van der Waals surface area contributed by atoms with E-state index in [9.17, 15) is 13.6 Å². The van der Waals surface area contributed by atoms with Gasteiger partial charge in [0, 0.05) is 11.6 Å². The highest BCUT2D eigenvalue weighted by Crippen LogP contribution is 2.48. The van der Waals surface area contributed by atoms with Gasteiger partial charge in [-0.25, -0.2) is 0 Å². The Morgan fingerprint density at radius 2 is 1.74 bits per heavy atom. The molecule has 1 aliphatic rings. The molecule has 3 rings (SSSR count). The molecule has 0 N–H and O–H groups in total. The highest BCUT2D eigenvalue weighted by atomic mass is 35.5. The lowest BCUT2D eigenvalue weighted by Crippen LogP contribution is -2.63. The number of halogens is 3. The smallest absolute Gasteiger partial charge is 0.348 e. The van der Waals surface area contributed by atoms with Gasteiger partial charge in [-0.15, -0.1) is 0 Å². The molecular weight excluding hydrogens is 324 g/mol. The summed E-state index contributed by atoms with van der Waals surface area (Å²) < 4.78 is 33.1. The van der Waals surface area contributed by atoms with Gasteiger partial charge in [0.25, 0.3) is 5.91 Å². The Morgan fingerprint density at radius 1 is 1.13 bits per heavy atom. The molecule has 0 saturated carbocycles. The van der Waals surface area contributed by atoms with Crippen LogP contribution in [-0.2, 0) is 11.3 Å². The molecule has 3 nitrogen and oxygen atoms in total. The Kier molecular flexibility index (Phi) is 3.98. The number of benzene rings is 2. The van der Waals surface area contributed by atoms with Crippen molar-refractivity contribution in [1.82, 2.24) is 4.90 Å². The molecule has 1 heterocycles. The second kappa shape index (κ2) is 5.81. The van der Waals surface area contributed by atoms with Crippen LogP contribution in [-0.4, -0.2) is 23.8 Å². The zero-order chi connectivity index (χ0) is 16.6. The third-order valence-electron chi connectivity index (χ3n) is 3.90. The molecule has 23 heavy (non-hydrogen) atoms. The van der Waals surface area contributed by atoms with E-state index in [1.54, 1.807) is 43.5 Å². The fraction of sp³-hybridized carbons (Fsp3) is 0.235. The van der Waals surface area contributed by atoms with E-state index in [0.29, 0.717) is 16.3 Å². The van der Waals surface area contributed by atoms with Crippen molar-refractivity contribution in [3.63, 3.8) is 0 Å². The molecule has 2 aromatic carbocycles. The van der Waals surface area contributed by atoms with Gasteiger partial charge in [-0.3, -0.25) is 4.79 Å². The van der Waals surface area contributed by atoms with E-state index in [4.69, 9.17) is 16.3 Å². The Balaban J connectivity index is 1.84. The van der Waals surface area contributed by atoms with Crippen molar-refractivity contribution in [3.05, 3.63) is 64.7 Å². The van der Waals surface area contributed by atoms with Gasteiger partial charge in [0.2, 0.25) is 0 Å². The molecule has 1 amide bonds. The van der Waals surface area contributed by atoms with Crippen molar-refractivity contribution in [1.29, 1.82) is 0 Å². The van der Waals surface area contributed by atoms with Crippen molar-refractivity contribution < 1.29 is 18.3 Å². The summed E-state index contributed by atoms with van der Waals surface area (Å²) in [7, 11) is 1.55. The van der Waals surface area contributed by atoms with Crippen LogP contribution in [0.1, 0.15) is 17.2 Å². The zero-order valence-electron chi connectivity index (χ0n) is 12.3. The second-order valence-electron chi connectivity index (χ2n) is 5.36. The van der Waals surface area contributed by atoms with E-state index in [1.807, 2.05) is 0 Å². The first-order valence-electron chi connectivity index (χ1n) is 7.01. The van der Waals surface area contributed by atoms with Crippen LogP contribution in [0.25, 0.3) is 0 Å². The number of β-lactam (4-membered cyclic amide) rings is 1. The third kappa shape index (κ3) is 2.77. The highest BCUT2D eigenvalue weighted by Gasteiger charge is 2.63. The summed E-state index contributed by atoms with van der Waals surface area (Å²) in [6.45, 7) is 0.117. The van der Waals surface area contributed by atoms with Gasteiger partial charge in [0.05, 0.1) is 7.11 Å². The lowest BCUT2D eigenvalue weighted by atomic mass is 9.89. The molecule has 2 aromatic rings. The summed E-state index contributed by atoms with van der Waals surface area (Å²) in [5, 5.41) is 0.462. The average molecular weight is 338 g/mol. The van der Waals surface area contributed by atoms with Crippen LogP contribution in [0, 0.1) is 0 Å². The fourth-order valence-corrected chi connectivity index (χ4v) is 2.81. The minimum atomic E-state index is -3.39. The summed E-state index contributed by atoms with van der Waals surface area (Å²) in [4.78, 5) is 13.0. The Hall–Kier alpha value is -2.14. The monoisotopic (exact) mass is 337 g/mol. The quantitative estimate of drug-likeness (QED) is 0.787. The molecule has 0 unspecified atom stereocenters. The fourth-order valence-electron chi connectivity index (χ4n) is 2.68. The number of alkyl halides is 2. The summed E-state index contributed by atoms with van der Waals surface area (Å²) in [6.07, 6.45) is 0. The average Bonchev–Trinajstić information content (AvgIpc) is 2.56. The van der Waals surface area contributed by atoms with E-state index in [-0.39, 0.29) is 6.54 Å². The molecule has 0 radical (unpaired) electrons. The van der Waals surface area contributed by atoms with Crippen LogP contribution >= 0.6 is 11.6 Å². The first-order chi connectivity index (χ1) is 10.9. The van der Waals surface area contributed by atoms with E-state index in [1.165, 1.54) is 17.0 Å². The summed E-state index contributed by atoms with van der Waals surface area (Å²) >= 11 is 5.79. The van der Waals surface area contributed by atoms with Crippen molar-refractivity contribution in [2.75, 3.05) is 7.11 Å². The number of amides is 1. The predicted octanol–water partition coefficient (Wildman–Crippen LogP) is 4.07. The van der Waals surface area contributed by atoms with Crippen LogP contribution in [0.3, 0.4) is 0 Å². The van der Waals surface area contributed by atoms with Crippen molar-refractivity contribution in [3.8, 4) is 5.75 Å². The standard InChI is InChI=1S/C17H14ClF2NO2/c1-23-14-8-2-11(3-9-14)10-21-15(17(19,20)16(21)22)12-4-6-13(18)7-5-12/h2-9,15H,10H2,1H3/t15-/m0/s1. The number of ether oxygens (including phenoxy) is 1. The Morgan fingerprint density at radius 3 is 2.30 bits per heavy atom. The van der Waals surface area contributed by atoms with Gasteiger partial charge in [-0.2, -0.15) is 8.78 Å². The summed E-state index contributed by atoms with van der Waals surface area (Å²) in [6, 6.07) is 11.8. The number of hydrogen-bond acceptors (Lipinski definition) is 2. The summed E-state index contributed by atoms with van der Waals surface area (Å²) in [5.41, 5.74) is 1.13. The molecule has 1 aliphatic heterocycles. The number of methoxy groups -OCH3 is 1. The minimum Gasteiger partial charge on any atom is -0.497 e. The van der Waals surface area contributed by atoms with Gasteiger partial charge in [0.15, 0.2) is 0 Å². The lowest BCUT2D eigenvalue weighted by Gasteiger charge is -2.46. The van der Waals surface area contributed by atoms with E-state index in [2.05, 4.69) is 0 Å². The van der Waals surface area contributed by atoms with Gasteiger partial charge >= 0.3 is 5.92 Å². The normalized spacial score (nSPS) is 19.4. The van der Waals surface area contributed by atoms with Gasteiger partial charge < -0.3 is 9.64 Å². The molecule has 0 spiro atoms. The summed E-state index contributed by atoms with van der Waals surface area (Å²) in [5.74, 6) is -3.88. The van der Waals surface area contributed by atoms with Crippen LogP contribution in [0.15, 0.2) is 48.5 Å². The molecule has 1 saturated heterocycles. The Labute approximate surface area is 137 Å². The van der Waals surface area contributed by atoms with Crippen molar-refractivity contribution in [2.45, 2.75) is 18.5 Å². The predicted molar refractivity (Wildman–Crippen MR) is 82.7 cm³/mol. The SMILES string of the molecule is COc1ccc(CN2C(=O)C(F)(F)[C@@H]2c2ccc(Cl)cc2)cc1. The lowest BCUT2D eigenvalue weighted by molar-refractivity contribution is -0.207. The number of carbonyl (C=O) groups excluding carboxylic acids is 1. The molecule has 0 aliphatic carbocycles. The second-order valence-corrected chi connectivity index (χ2v) is 5.79. The van der Waals surface area contributed by atoms with Crippen molar-refractivity contribution in [2.24, 2.45) is 0 Å². The van der Waals surface area contributed by atoms with Gasteiger partial charge in [0.1, 0.15) is 11.8 Å². The first kappa shape index (κ1) is 15.7. The number of carbonyl (C=O) groups is 1. The molecule has 1 fully saturated rings. The largest absolute Gasteiger partial charge is 0.497 e. The number of likely N-dealkylation sites (tertiary alicyclic amines) is 1. The maximum Gasteiger partial charge on any atom is 0.348 e. The molecule has 6 heteroatoms. The number of rotatable bonds is 4. The Bertz CT molecular complexity index is 716. The first-order valence-corrected chi connectivity index (χ1v) is 7.38. The maximum atomic E-state index is 14.0. The van der Waals surface area contributed by atoms with Gasteiger partial charge in [-0.05, 0) is 35.4 Å². The van der Waals surface area contributed by atoms with E-state index >= 15 is 0 Å². The van der Waals surface area contributed by atoms with Crippen LogP contribution in [0.4, 0.5) is 8.78 Å². The number of hydrogen-bond donors (Lipinski definition) is 0. The maximum absolute atomic E-state index is 14.0. The molecule has 120 valence electrons. The zero-order valence-corrected chi connectivity index (χ0v) is 13.1. The third-order valence-corrected chi connectivity index (χ3v) is 4.15. The topological polar surface area (TPSA) is 29.5 Å². The van der Waals surface area contributed by atoms with Crippen LogP contribution in [0.2, 0.25) is 5.02 Å². The van der Waals surface area contributed by atoms with Gasteiger partial charge in [-0.1, -0.05) is 35.9 Å². The van der Waals surface area contributed by atoms with Crippen molar-refractivity contribution >= 4 is 17.5 Å². The molecule has 0 aromatic heterocycles. The van der Waals surface area contributed by atoms with Crippen LogP contribution < -0.4 is 4.74 Å². The molecule has 1 atom stereocenters. The minimum absolute atomic E-state index is 0.117. The molecule has 0 bridgehead atoms.